The summed E-state index contributed by atoms with van der Waals surface area (Å²) in [5, 5.41) is 9.63. The molecule has 10 nitrogen and oxygen atoms in total. The van der Waals surface area contributed by atoms with Gasteiger partial charge in [-0.1, -0.05) is 46.3 Å². The van der Waals surface area contributed by atoms with E-state index in [1.54, 1.807) is 12.3 Å². The van der Waals surface area contributed by atoms with E-state index in [1.807, 2.05) is 118 Å². The highest BCUT2D eigenvalue weighted by molar-refractivity contribution is 6.08. The molecule has 10 heteroatoms. The first-order valence-corrected chi connectivity index (χ1v) is 19.1. The van der Waals surface area contributed by atoms with Crippen LogP contribution in [0.4, 0.5) is 5.69 Å². The van der Waals surface area contributed by atoms with Crippen molar-refractivity contribution in [1.82, 2.24) is 19.8 Å². The first-order valence-electron chi connectivity index (χ1n) is 19.1. The van der Waals surface area contributed by atoms with Crippen LogP contribution in [0.25, 0.3) is 0 Å². The van der Waals surface area contributed by atoms with Gasteiger partial charge in [-0.3, -0.25) is 9.80 Å². The van der Waals surface area contributed by atoms with Crippen LogP contribution in [0.1, 0.15) is 89.2 Å². The Bertz CT molecular complexity index is 1660. The zero-order valence-corrected chi connectivity index (χ0v) is 33.9. The molecule has 1 aliphatic heterocycles. The molecule has 0 radical (unpaired) electrons. The number of benzene rings is 1. The topological polar surface area (TPSA) is 94.9 Å². The SMILES string of the molecule is C/C=N\N1C=CC(Oc2ccc(N/C(=N/C=C/CC)c3nc(C)c(OCC(CC)N(CCCC(C)CC)C(=O)/C=C/CN(C)C)cc3C)cc2C)=CC1. The van der Waals surface area contributed by atoms with Gasteiger partial charge < -0.3 is 24.6 Å². The summed E-state index contributed by atoms with van der Waals surface area (Å²) in [5.41, 5.74) is 4.28. The highest BCUT2D eigenvalue weighted by atomic mass is 16.5. The molecule has 1 amide bonds. The highest BCUT2D eigenvalue weighted by Crippen LogP contribution is 2.27. The number of aromatic nitrogens is 1. The van der Waals surface area contributed by atoms with Gasteiger partial charge in [0.15, 0.2) is 5.84 Å². The van der Waals surface area contributed by atoms with E-state index in [4.69, 9.17) is 19.5 Å². The van der Waals surface area contributed by atoms with Gasteiger partial charge >= 0.3 is 0 Å². The molecule has 0 fully saturated rings. The number of hydrogen-bond donors (Lipinski definition) is 1. The number of aryl methyl sites for hydroxylation is 3. The summed E-state index contributed by atoms with van der Waals surface area (Å²) in [7, 11) is 4.00. The second-order valence-electron chi connectivity index (χ2n) is 13.9. The highest BCUT2D eigenvalue weighted by Gasteiger charge is 2.23. The Balaban J connectivity index is 1.79. The second kappa shape index (κ2) is 22.4. The Hall–Kier alpha value is -4.70. The van der Waals surface area contributed by atoms with Crippen LogP contribution in [0.3, 0.4) is 0 Å². The smallest absolute Gasteiger partial charge is 0.246 e. The fourth-order valence-corrected chi connectivity index (χ4v) is 5.70. The fraction of sp³-hybridized carbons (Fsp3) is 0.488. The third-order valence-electron chi connectivity index (χ3n) is 9.10. The monoisotopic (exact) mass is 725 g/mol. The average molecular weight is 726 g/mol. The number of hydrazone groups is 1. The van der Waals surface area contributed by atoms with Crippen molar-refractivity contribution in [3.05, 3.63) is 95.3 Å². The molecule has 3 rings (SSSR count). The fourth-order valence-electron chi connectivity index (χ4n) is 5.70. The number of aliphatic imine (C=N–C) groups is 1. The van der Waals surface area contributed by atoms with Crippen molar-refractivity contribution in [2.75, 3.05) is 45.7 Å². The van der Waals surface area contributed by atoms with Crippen molar-refractivity contribution in [2.45, 2.75) is 93.5 Å². The van der Waals surface area contributed by atoms with E-state index in [1.165, 1.54) is 0 Å². The molecule has 0 spiro atoms. The van der Waals surface area contributed by atoms with Crippen LogP contribution in [0, 0.1) is 26.7 Å². The maximum Gasteiger partial charge on any atom is 0.246 e. The van der Waals surface area contributed by atoms with Gasteiger partial charge in [0.1, 0.15) is 29.6 Å². The third kappa shape index (κ3) is 14.0. The van der Waals surface area contributed by atoms with Gasteiger partial charge in [0, 0.05) is 43.5 Å². The van der Waals surface area contributed by atoms with Crippen molar-refractivity contribution in [2.24, 2.45) is 16.0 Å². The largest absolute Gasteiger partial charge is 0.490 e. The van der Waals surface area contributed by atoms with Gasteiger partial charge in [0.05, 0.1) is 18.3 Å². The van der Waals surface area contributed by atoms with Crippen molar-refractivity contribution < 1.29 is 14.3 Å². The third-order valence-corrected chi connectivity index (χ3v) is 9.10. The molecule has 0 aliphatic carbocycles. The maximum absolute atomic E-state index is 13.5. The van der Waals surface area contributed by atoms with Gasteiger partial charge in [0.25, 0.3) is 0 Å². The van der Waals surface area contributed by atoms with Gasteiger partial charge in [-0.15, -0.1) is 0 Å². The van der Waals surface area contributed by atoms with Gasteiger partial charge in [-0.25, -0.2) is 9.98 Å². The molecule has 1 aromatic carbocycles. The minimum atomic E-state index is -0.0636. The molecule has 1 N–H and O–H groups in total. The van der Waals surface area contributed by atoms with Crippen molar-refractivity contribution in [3.63, 3.8) is 0 Å². The van der Waals surface area contributed by atoms with Crippen LogP contribution in [-0.4, -0.2) is 84.1 Å². The summed E-state index contributed by atoms with van der Waals surface area (Å²) in [5.74, 6) is 3.57. The number of ether oxygens (including phenoxy) is 2. The minimum absolute atomic E-state index is 0.0339. The number of likely N-dealkylation sites (N-methyl/N-ethyl adjacent to an activating group) is 1. The zero-order valence-electron chi connectivity index (χ0n) is 33.9. The molecule has 2 atom stereocenters. The van der Waals surface area contributed by atoms with E-state index in [0.29, 0.717) is 37.2 Å². The summed E-state index contributed by atoms with van der Waals surface area (Å²) < 4.78 is 12.7. The number of amides is 1. The first-order chi connectivity index (χ1) is 25.5. The molecule has 0 bridgehead atoms. The molecule has 1 aromatic heterocycles. The Labute approximate surface area is 319 Å². The number of carbonyl (C=O) groups excluding carboxylic acids is 1. The number of pyridine rings is 1. The zero-order chi connectivity index (χ0) is 38.8. The lowest BCUT2D eigenvalue weighted by Gasteiger charge is -2.31. The average Bonchev–Trinajstić information content (AvgIpc) is 3.13. The van der Waals surface area contributed by atoms with Gasteiger partial charge in [0.2, 0.25) is 5.91 Å². The van der Waals surface area contributed by atoms with Crippen LogP contribution in [-0.2, 0) is 4.79 Å². The van der Waals surface area contributed by atoms with Crippen molar-refractivity contribution in [1.29, 1.82) is 0 Å². The molecule has 2 heterocycles. The number of carbonyl (C=O) groups is 1. The second-order valence-corrected chi connectivity index (χ2v) is 13.9. The van der Waals surface area contributed by atoms with Crippen LogP contribution >= 0.6 is 0 Å². The molecule has 288 valence electrons. The molecule has 0 saturated heterocycles. The quantitative estimate of drug-likeness (QED) is 0.0829. The molecular weight excluding hydrogens is 663 g/mol. The Kier molecular flexibility index (Phi) is 18.0. The number of allylic oxidation sites excluding steroid dienone is 2. The van der Waals surface area contributed by atoms with Gasteiger partial charge in [-0.2, -0.15) is 5.10 Å². The molecule has 53 heavy (non-hydrogen) atoms. The van der Waals surface area contributed by atoms with E-state index in [2.05, 4.69) is 38.1 Å². The molecule has 0 saturated carbocycles. The number of rotatable bonds is 20. The predicted molar refractivity (Wildman–Crippen MR) is 221 cm³/mol. The van der Waals surface area contributed by atoms with Gasteiger partial charge in [-0.05, 0) is 121 Å². The summed E-state index contributed by atoms with van der Waals surface area (Å²) in [4.78, 5) is 27.3. The molecular formula is C43H63N7O3. The Morgan fingerprint density at radius 1 is 1.08 bits per heavy atom. The summed E-state index contributed by atoms with van der Waals surface area (Å²) in [6.45, 7) is 19.1. The Morgan fingerprint density at radius 2 is 1.87 bits per heavy atom. The molecule has 2 aromatic rings. The summed E-state index contributed by atoms with van der Waals surface area (Å²) in [6, 6.07) is 7.96. The van der Waals surface area contributed by atoms with E-state index in [9.17, 15) is 4.79 Å². The molecule has 2 unspecified atom stereocenters. The van der Waals surface area contributed by atoms with Crippen LogP contribution in [0.15, 0.2) is 82.9 Å². The minimum Gasteiger partial charge on any atom is -0.490 e. The van der Waals surface area contributed by atoms with Crippen molar-refractivity contribution >= 4 is 23.6 Å². The van der Waals surface area contributed by atoms with E-state index >= 15 is 0 Å². The van der Waals surface area contributed by atoms with Crippen LogP contribution in [0.2, 0.25) is 0 Å². The lowest BCUT2D eigenvalue weighted by atomic mass is 10.0. The normalized spacial score (nSPS) is 14.7. The lowest BCUT2D eigenvalue weighted by molar-refractivity contribution is -0.129. The maximum atomic E-state index is 13.5. The van der Waals surface area contributed by atoms with Crippen LogP contribution in [0.5, 0.6) is 11.5 Å². The summed E-state index contributed by atoms with van der Waals surface area (Å²) >= 11 is 0. The van der Waals surface area contributed by atoms with Crippen LogP contribution < -0.4 is 14.8 Å². The van der Waals surface area contributed by atoms with E-state index < -0.39 is 0 Å². The number of hydrogen-bond acceptors (Lipinski definition) is 8. The van der Waals surface area contributed by atoms with Crippen molar-refractivity contribution in [3.8, 4) is 11.5 Å². The standard InChI is InChI=1S/C43H63N7O3/c1-11-15-24-44-43(47-36-20-21-39(33(6)29-36)53-38-22-27-49(28-23-38)45-14-4)42-34(7)30-40(35(8)46-42)52-31-37(13-3)50(26-16-18-32(5)12-2)41(51)19-17-25-48(9)10/h14-15,17,19-24,27,29-30,32,37H,11-13,16,18,25-26,28,31H2,1-10H3,(H,44,47)/b19-17+,24-15+,45-14-. The molecule has 1 aliphatic rings. The number of nitrogens with one attached hydrogen (secondary N) is 1. The first kappa shape index (κ1) is 42.7. The summed E-state index contributed by atoms with van der Waals surface area (Å²) in [6.07, 6.45) is 19.9. The van der Waals surface area contributed by atoms with E-state index in [-0.39, 0.29) is 11.9 Å². The van der Waals surface area contributed by atoms with E-state index in [0.717, 1.165) is 78.4 Å². The number of nitrogens with zero attached hydrogens (tertiary/aromatic N) is 6. The predicted octanol–water partition coefficient (Wildman–Crippen LogP) is 8.82. The Morgan fingerprint density at radius 3 is 2.51 bits per heavy atom. The number of anilines is 1. The number of amidine groups is 1. The lowest BCUT2D eigenvalue weighted by Crippen LogP contribution is -2.43.